The molecule has 1 heterocycles. The van der Waals surface area contributed by atoms with E-state index in [0.29, 0.717) is 0 Å². The van der Waals surface area contributed by atoms with Gasteiger partial charge in [-0.25, -0.2) is 0 Å². The highest BCUT2D eigenvalue weighted by Gasteiger charge is 2.54. The molecular formula is C28H32O4Si. The Morgan fingerprint density at radius 2 is 1.27 bits per heavy atom. The molecule has 0 unspecified atom stereocenters. The zero-order chi connectivity index (χ0) is 23.5. The molecule has 0 bridgehead atoms. The summed E-state index contributed by atoms with van der Waals surface area (Å²) in [4.78, 5) is 12.0. The summed E-state index contributed by atoms with van der Waals surface area (Å²) in [6.07, 6.45) is -0.588. The fourth-order valence-corrected chi connectivity index (χ4v) is 6.25. The molecule has 4 rings (SSSR count). The van der Waals surface area contributed by atoms with Crippen LogP contribution >= 0.6 is 0 Å². The fourth-order valence-electron chi connectivity index (χ4n) is 4.49. The summed E-state index contributed by atoms with van der Waals surface area (Å²) in [6.45, 7) is 8.48. The monoisotopic (exact) mass is 460 g/mol. The normalized spacial score (nSPS) is 19.0. The minimum absolute atomic E-state index is 0.124. The summed E-state index contributed by atoms with van der Waals surface area (Å²) in [5, 5.41) is 0. The summed E-state index contributed by atoms with van der Waals surface area (Å²) in [5.41, 5.74) is 2.35. The van der Waals surface area contributed by atoms with Gasteiger partial charge in [0.15, 0.2) is 6.10 Å². The minimum Gasteiger partial charge on any atom is -0.457 e. The molecule has 172 valence electrons. The van der Waals surface area contributed by atoms with Crippen molar-refractivity contribution < 1.29 is 19.0 Å². The molecule has 5 heteroatoms. The van der Waals surface area contributed by atoms with Crippen molar-refractivity contribution >= 4 is 14.0 Å². The van der Waals surface area contributed by atoms with E-state index in [4.69, 9.17) is 14.2 Å². The zero-order valence-corrected chi connectivity index (χ0v) is 20.7. The molecule has 0 amide bonds. The van der Waals surface area contributed by atoms with Gasteiger partial charge in [-0.1, -0.05) is 111 Å². The van der Waals surface area contributed by atoms with Crippen molar-refractivity contribution in [1.82, 2.24) is 0 Å². The second-order valence-corrected chi connectivity index (χ2v) is 14.9. The van der Waals surface area contributed by atoms with Crippen LogP contribution in [0.25, 0.3) is 0 Å². The van der Waals surface area contributed by atoms with Gasteiger partial charge in [-0.3, -0.25) is 4.79 Å². The molecule has 33 heavy (non-hydrogen) atoms. The Morgan fingerprint density at radius 3 is 1.61 bits per heavy atom. The molecule has 1 aliphatic rings. The maximum absolute atomic E-state index is 12.0. The van der Waals surface area contributed by atoms with Crippen molar-refractivity contribution in [2.75, 3.05) is 6.61 Å². The topological polar surface area (TPSA) is 48.1 Å². The van der Waals surface area contributed by atoms with Gasteiger partial charge in [-0.05, 0) is 16.7 Å². The van der Waals surface area contributed by atoms with E-state index in [9.17, 15) is 4.79 Å². The van der Waals surface area contributed by atoms with Crippen LogP contribution < -0.4 is 0 Å². The lowest BCUT2D eigenvalue weighted by molar-refractivity contribution is -0.153. The Hall–Kier alpha value is -2.73. The number of carbonyl (C=O) groups excluding carboxylic acids is 1. The molecule has 3 atom stereocenters. The van der Waals surface area contributed by atoms with Crippen LogP contribution in [0.5, 0.6) is 0 Å². The van der Waals surface area contributed by atoms with Gasteiger partial charge < -0.3 is 14.2 Å². The van der Waals surface area contributed by atoms with Crippen molar-refractivity contribution in [2.45, 2.75) is 50.1 Å². The van der Waals surface area contributed by atoms with Gasteiger partial charge >= 0.3 is 5.97 Å². The largest absolute Gasteiger partial charge is 0.457 e. The molecule has 0 N–H and O–H groups in total. The fraction of sp³-hybridized carbons (Fsp3) is 0.321. The maximum Gasteiger partial charge on any atom is 0.303 e. The first-order chi connectivity index (χ1) is 15.8. The van der Waals surface area contributed by atoms with E-state index in [-0.39, 0.29) is 24.4 Å². The molecule has 3 aromatic rings. The summed E-state index contributed by atoms with van der Waals surface area (Å²) >= 11 is 0. The highest BCUT2D eigenvalue weighted by molar-refractivity contribution is 6.78. The van der Waals surface area contributed by atoms with Crippen LogP contribution in [-0.2, 0) is 24.6 Å². The number of rotatable bonds is 9. The molecule has 0 radical (unpaired) electrons. The lowest BCUT2D eigenvalue weighted by Crippen LogP contribution is -2.40. The van der Waals surface area contributed by atoms with Crippen LogP contribution in [0, 0.1) is 0 Å². The number of esters is 1. The molecule has 4 nitrogen and oxygen atoms in total. The second kappa shape index (κ2) is 9.63. The van der Waals surface area contributed by atoms with E-state index >= 15 is 0 Å². The number of hydrogen-bond acceptors (Lipinski definition) is 4. The SMILES string of the molecule is CC(=O)O[C@@H](COC(c1ccccc1)(c1ccccc1)c1ccccc1)[C@@H]1O[C@H]1[Si](C)(C)C. The minimum atomic E-state index is -1.54. The van der Waals surface area contributed by atoms with Gasteiger partial charge in [0, 0.05) is 6.92 Å². The lowest BCUT2D eigenvalue weighted by Gasteiger charge is -2.37. The van der Waals surface area contributed by atoms with E-state index in [1.807, 2.05) is 54.6 Å². The zero-order valence-electron chi connectivity index (χ0n) is 19.7. The first-order valence-electron chi connectivity index (χ1n) is 11.5. The predicted octanol–water partition coefficient (Wildman–Crippen LogP) is 5.57. The number of ether oxygens (including phenoxy) is 3. The van der Waals surface area contributed by atoms with E-state index in [1.165, 1.54) is 6.92 Å². The van der Waals surface area contributed by atoms with Gasteiger partial charge in [0.2, 0.25) is 0 Å². The smallest absolute Gasteiger partial charge is 0.303 e. The number of epoxide rings is 1. The average Bonchev–Trinajstić information content (AvgIpc) is 3.62. The van der Waals surface area contributed by atoms with Crippen LogP contribution in [0.1, 0.15) is 23.6 Å². The molecule has 1 saturated heterocycles. The van der Waals surface area contributed by atoms with Crippen LogP contribution in [0.2, 0.25) is 19.6 Å². The van der Waals surface area contributed by atoms with Gasteiger partial charge in [0.05, 0.1) is 20.4 Å². The van der Waals surface area contributed by atoms with E-state index in [2.05, 4.69) is 56.0 Å². The summed E-state index contributed by atoms with van der Waals surface area (Å²) in [5.74, 6) is -0.321. The van der Waals surface area contributed by atoms with Crippen LogP contribution in [0.4, 0.5) is 0 Å². The third-order valence-electron chi connectivity index (χ3n) is 6.07. The highest BCUT2D eigenvalue weighted by Crippen LogP contribution is 2.42. The Labute approximate surface area is 197 Å². The molecule has 0 aliphatic carbocycles. The second-order valence-electron chi connectivity index (χ2n) is 9.63. The van der Waals surface area contributed by atoms with E-state index in [1.54, 1.807) is 0 Å². The van der Waals surface area contributed by atoms with E-state index in [0.717, 1.165) is 16.7 Å². The van der Waals surface area contributed by atoms with Crippen molar-refractivity contribution in [2.24, 2.45) is 0 Å². The third-order valence-corrected chi connectivity index (χ3v) is 8.24. The molecule has 0 saturated carbocycles. The molecule has 1 fully saturated rings. The van der Waals surface area contributed by atoms with Crippen molar-refractivity contribution in [3.05, 3.63) is 108 Å². The highest BCUT2D eigenvalue weighted by atomic mass is 28.3. The van der Waals surface area contributed by atoms with Crippen molar-refractivity contribution in [3.8, 4) is 0 Å². The third kappa shape index (κ3) is 5.11. The van der Waals surface area contributed by atoms with Crippen molar-refractivity contribution in [3.63, 3.8) is 0 Å². The summed E-state index contributed by atoms with van der Waals surface area (Å²) < 4.78 is 18.6. The first kappa shape index (κ1) is 23.4. The van der Waals surface area contributed by atoms with Crippen molar-refractivity contribution in [1.29, 1.82) is 0 Å². The molecular weight excluding hydrogens is 428 g/mol. The Balaban J connectivity index is 1.76. The van der Waals surface area contributed by atoms with Gasteiger partial charge in [-0.2, -0.15) is 0 Å². The molecule has 0 spiro atoms. The van der Waals surface area contributed by atoms with E-state index < -0.39 is 19.8 Å². The quantitative estimate of drug-likeness (QED) is 0.181. The molecule has 3 aromatic carbocycles. The Kier molecular flexibility index (Phi) is 6.84. The van der Waals surface area contributed by atoms with Gasteiger partial charge in [0.25, 0.3) is 0 Å². The Morgan fingerprint density at radius 1 is 0.848 bits per heavy atom. The number of hydrogen-bond donors (Lipinski definition) is 0. The standard InChI is InChI=1S/C28H32O4Si/c1-21(29)31-25(26-27(32-26)33(2,3)4)20-30-28(22-14-8-5-9-15-22,23-16-10-6-11-17-23)24-18-12-7-13-19-24/h5-19,25-27H,20H2,1-4H3/t25-,26-,27-/m0/s1. The predicted molar refractivity (Wildman–Crippen MR) is 133 cm³/mol. The number of carbonyl (C=O) groups is 1. The maximum atomic E-state index is 12.0. The average molecular weight is 461 g/mol. The summed E-state index contributed by atoms with van der Waals surface area (Å²) in [7, 11) is -1.54. The van der Waals surface area contributed by atoms with Crippen LogP contribution in [0.3, 0.4) is 0 Å². The summed E-state index contributed by atoms with van der Waals surface area (Å²) in [6, 6.07) is 30.6. The first-order valence-corrected chi connectivity index (χ1v) is 15.0. The van der Waals surface area contributed by atoms with Gasteiger partial charge in [0.1, 0.15) is 11.7 Å². The Bertz CT molecular complexity index is 951. The molecule has 1 aliphatic heterocycles. The number of benzene rings is 3. The van der Waals surface area contributed by atoms with Crippen LogP contribution in [0.15, 0.2) is 91.0 Å². The van der Waals surface area contributed by atoms with Crippen LogP contribution in [-0.4, -0.2) is 38.6 Å². The van der Waals surface area contributed by atoms with Gasteiger partial charge in [-0.15, -0.1) is 0 Å². The lowest BCUT2D eigenvalue weighted by atomic mass is 9.80. The molecule has 0 aromatic heterocycles.